The molecule has 1 rings (SSSR count). The van der Waals surface area contributed by atoms with Gasteiger partial charge in [-0.15, -0.1) is 0 Å². The summed E-state index contributed by atoms with van der Waals surface area (Å²) in [6.45, 7) is 2.52. The number of ether oxygens (including phenoxy) is 2. The van der Waals surface area contributed by atoms with Crippen LogP contribution in [0.4, 0.5) is 0 Å². The molecule has 1 aromatic carbocycles. The van der Waals surface area contributed by atoms with Gasteiger partial charge in [0, 0.05) is 24.3 Å². The van der Waals surface area contributed by atoms with Gasteiger partial charge in [0.1, 0.15) is 11.5 Å². The van der Waals surface area contributed by atoms with Crippen LogP contribution in [0, 0.1) is 0 Å². The first-order chi connectivity index (χ1) is 10.6. The molecule has 0 heterocycles. The maximum absolute atomic E-state index is 12.1. The standard InChI is InChI=1S/C16H22N2O4/c1-12(9-16(20)18(11-19)8-4-7-17)14-6-5-13(21-2)10-15(14)22-3/h5-6,9-11H,4,7-8,17H2,1-3H3/b12-9+. The van der Waals surface area contributed by atoms with E-state index in [4.69, 9.17) is 15.2 Å². The molecule has 6 nitrogen and oxygen atoms in total. The predicted octanol–water partition coefficient (Wildman–Crippen LogP) is 1.44. The highest BCUT2D eigenvalue weighted by Crippen LogP contribution is 2.29. The van der Waals surface area contributed by atoms with Crippen LogP contribution in [-0.4, -0.2) is 44.5 Å². The number of amides is 2. The summed E-state index contributed by atoms with van der Waals surface area (Å²) in [5.41, 5.74) is 6.85. The highest BCUT2D eigenvalue weighted by atomic mass is 16.5. The third kappa shape index (κ3) is 4.60. The molecule has 22 heavy (non-hydrogen) atoms. The Balaban J connectivity index is 3.00. The summed E-state index contributed by atoms with van der Waals surface area (Å²) in [5, 5.41) is 0. The molecule has 0 aliphatic rings. The lowest BCUT2D eigenvalue weighted by atomic mass is 10.1. The first-order valence-corrected chi connectivity index (χ1v) is 6.94. The number of rotatable bonds is 8. The molecule has 120 valence electrons. The third-order valence-corrected chi connectivity index (χ3v) is 3.19. The van der Waals surface area contributed by atoms with E-state index in [1.165, 1.54) is 6.08 Å². The lowest BCUT2D eigenvalue weighted by Crippen LogP contribution is -2.30. The van der Waals surface area contributed by atoms with E-state index in [0.717, 1.165) is 10.5 Å². The van der Waals surface area contributed by atoms with Crippen LogP contribution in [0.3, 0.4) is 0 Å². The fourth-order valence-corrected chi connectivity index (χ4v) is 1.95. The van der Waals surface area contributed by atoms with E-state index < -0.39 is 0 Å². The van der Waals surface area contributed by atoms with Crippen LogP contribution >= 0.6 is 0 Å². The molecule has 0 bridgehead atoms. The van der Waals surface area contributed by atoms with Crippen molar-refractivity contribution >= 4 is 17.9 Å². The van der Waals surface area contributed by atoms with Gasteiger partial charge in [0.2, 0.25) is 6.41 Å². The van der Waals surface area contributed by atoms with Crippen molar-refractivity contribution in [2.24, 2.45) is 5.73 Å². The van der Waals surface area contributed by atoms with E-state index in [-0.39, 0.29) is 5.91 Å². The van der Waals surface area contributed by atoms with Crippen molar-refractivity contribution in [1.29, 1.82) is 0 Å². The summed E-state index contributed by atoms with van der Waals surface area (Å²) >= 11 is 0. The fourth-order valence-electron chi connectivity index (χ4n) is 1.95. The molecule has 0 saturated carbocycles. The van der Waals surface area contributed by atoms with Crippen LogP contribution in [0.2, 0.25) is 0 Å². The Labute approximate surface area is 130 Å². The number of allylic oxidation sites excluding steroid dienone is 1. The SMILES string of the molecule is COc1ccc(/C(C)=C/C(=O)N(C=O)CCCN)c(OC)c1. The first kappa shape index (κ1) is 17.7. The van der Waals surface area contributed by atoms with E-state index in [9.17, 15) is 9.59 Å². The first-order valence-electron chi connectivity index (χ1n) is 6.94. The fraction of sp³-hybridized carbons (Fsp3) is 0.375. The van der Waals surface area contributed by atoms with Gasteiger partial charge in [-0.25, -0.2) is 0 Å². The Morgan fingerprint density at radius 3 is 2.59 bits per heavy atom. The van der Waals surface area contributed by atoms with Gasteiger partial charge in [-0.1, -0.05) is 0 Å². The molecule has 0 spiro atoms. The minimum absolute atomic E-state index is 0.308. The lowest BCUT2D eigenvalue weighted by Gasteiger charge is -2.14. The van der Waals surface area contributed by atoms with Crippen molar-refractivity contribution in [3.8, 4) is 11.5 Å². The van der Waals surface area contributed by atoms with E-state index in [2.05, 4.69) is 0 Å². The second-order valence-corrected chi connectivity index (χ2v) is 4.67. The lowest BCUT2D eigenvalue weighted by molar-refractivity contribution is -0.134. The number of methoxy groups -OCH3 is 2. The third-order valence-electron chi connectivity index (χ3n) is 3.19. The van der Waals surface area contributed by atoms with Gasteiger partial charge in [-0.2, -0.15) is 0 Å². The average molecular weight is 306 g/mol. The summed E-state index contributed by atoms with van der Waals surface area (Å²) in [5.74, 6) is 0.886. The Hall–Kier alpha value is -2.34. The minimum atomic E-state index is -0.376. The number of benzene rings is 1. The van der Waals surface area contributed by atoms with Gasteiger partial charge in [-0.3, -0.25) is 14.5 Å². The minimum Gasteiger partial charge on any atom is -0.497 e. The van der Waals surface area contributed by atoms with Crippen molar-refractivity contribution in [1.82, 2.24) is 4.90 Å². The number of carbonyl (C=O) groups excluding carboxylic acids is 2. The number of carbonyl (C=O) groups is 2. The van der Waals surface area contributed by atoms with Crippen LogP contribution in [-0.2, 0) is 9.59 Å². The maximum atomic E-state index is 12.1. The van der Waals surface area contributed by atoms with Crippen molar-refractivity contribution in [2.75, 3.05) is 27.3 Å². The molecule has 0 atom stereocenters. The van der Waals surface area contributed by atoms with Gasteiger partial charge in [0.15, 0.2) is 0 Å². The number of hydrogen-bond acceptors (Lipinski definition) is 5. The number of imide groups is 1. The average Bonchev–Trinajstić information content (AvgIpc) is 2.54. The zero-order chi connectivity index (χ0) is 16.5. The largest absolute Gasteiger partial charge is 0.497 e. The summed E-state index contributed by atoms with van der Waals surface area (Å²) in [6, 6.07) is 5.33. The van der Waals surface area contributed by atoms with Crippen molar-refractivity contribution in [3.05, 3.63) is 29.8 Å². The van der Waals surface area contributed by atoms with Gasteiger partial charge in [0.05, 0.1) is 14.2 Å². The molecule has 2 amide bonds. The molecule has 0 radical (unpaired) electrons. The Morgan fingerprint density at radius 1 is 1.32 bits per heavy atom. The van der Waals surface area contributed by atoms with E-state index in [1.807, 2.05) is 6.07 Å². The van der Waals surface area contributed by atoms with Crippen LogP contribution in [0.1, 0.15) is 18.9 Å². The highest BCUT2D eigenvalue weighted by Gasteiger charge is 2.12. The van der Waals surface area contributed by atoms with Crippen molar-refractivity contribution in [2.45, 2.75) is 13.3 Å². The Bertz CT molecular complexity index is 555. The van der Waals surface area contributed by atoms with E-state index in [1.54, 1.807) is 33.3 Å². The zero-order valence-electron chi connectivity index (χ0n) is 13.2. The molecule has 6 heteroatoms. The second kappa shape index (κ2) is 8.84. The van der Waals surface area contributed by atoms with Crippen LogP contribution in [0.5, 0.6) is 11.5 Å². The van der Waals surface area contributed by atoms with Gasteiger partial charge in [-0.05, 0) is 37.6 Å². The number of nitrogens with two attached hydrogens (primary N) is 1. The summed E-state index contributed by atoms with van der Waals surface area (Å²) < 4.78 is 10.5. The van der Waals surface area contributed by atoms with Crippen LogP contribution < -0.4 is 15.2 Å². The summed E-state index contributed by atoms with van der Waals surface area (Å²) in [4.78, 5) is 24.2. The molecule has 0 aliphatic heterocycles. The molecular weight excluding hydrogens is 284 g/mol. The maximum Gasteiger partial charge on any atom is 0.253 e. The van der Waals surface area contributed by atoms with Crippen molar-refractivity contribution < 1.29 is 19.1 Å². The van der Waals surface area contributed by atoms with Gasteiger partial charge < -0.3 is 15.2 Å². The number of hydrogen-bond donors (Lipinski definition) is 1. The smallest absolute Gasteiger partial charge is 0.253 e. The molecule has 0 aromatic heterocycles. The zero-order valence-corrected chi connectivity index (χ0v) is 13.2. The molecular formula is C16H22N2O4. The molecule has 1 aromatic rings. The Kier molecular flexibility index (Phi) is 7.12. The van der Waals surface area contributed by atoms with E-state index in [0.29, 0.717) is 43.0 Å². The predicted molar refractivity (Wildman–Crippen MR) is 84.6 cm³/mol. The summed E-state index contributed by atoms with van der Waals surface area (Å²) in [6.07, 6.45) is 2.51. The molecule has 0 unspecified atom stereocenters. The summed E-state index contributed by atoms with van der Waals surface area (Å²) in [7, 11) is 3.12. The highest BCUT2D eigenvalue weighted by molar-refractivity contribution is 6.00. The molecule has 2 N–H and O–H groups in total. The molecule has 0 saturated heterocycles. The van der Waals surface area contributed by atoms with Gasteiger partial charge in [0.25, 0.3) is 5.91 Å². The Morgan fingerprint density at radius 2 is 2.05 bits per heavy atom. The van der Waals surface area contributed by atoms with Crippen LogP contribution in [0.15, 0.2) is 24.3 Å². The second-order valence-electron chi connectivity index (χ2n) is 4.67. The number of nitrogens with zero attached hydrogens (tertiary/aromatic N) is 1. The monoisotopic (exact) mass is 306 g/mol. The van der Waals surface area contributed by atoms with Crippen LogP contribution in [0.25, 0.3) is 5.57 Å². The normalized spacial score (nSPS) is 11.0. The van der Waals surface area contributed by atoms with Gasteiger partial charge >= 0.3 is 0 Å². The molecule has 0 aliphatic carbocycles. The quantitative estimate of drug-likeness (QED) is 0.580. The topological polar surface area (TPSA) is 81.9 Å². The van der Waals surface area contributed by atoms with Crippen molar-refractivity contribution in [3.63, 3.8) is 0 Å². The van der Waals surface area contributed by atoms with E-state index >= 15 is 0 Å². The molecule has 0 fully saturated rings.